The predicted molar refractivity (Wildman–Crippen MR) is 57.2 cm³/mol. The molecule has 0 aliphatic rings. The summed E-state index contributed by atoms with van der Waals surface area (Å²) in [7, 11) is 0. The normalized spacial score (nSPS) is 14.0. The van der Waals surface area contributed by atoms with Crippen LogP contribution in [-0.2, 0) is 0 Å². The lowest BCUT2D eigenvalue weighted by molar-refractivity contribution is 0.215. The van der Waals surface area contributed by atoms with Crippen molar-refractivity contribution < 1.29 is 5.11 Å². The molecule has 0 amide bonds. The number of hydrogen-bond acceptors (Lipinski definition) is 1. The zero-order valence-electron chi connectivity index (χ0n) is 9.31. The molecule has 0 rings (SSSR count). The van der Waals surface area contributed by atoms with Gasteiger partial charge < -0.3 is 5.11 Å². The van der Waals surface area contributed by atoms with Crippen molar-refractivity contribution in [3.63, 3.8) is 0 Å². The van der Waals surface area contributed by atoms with E-state index in [1.54, 1.807) is 0 Å². The van der Waals surface area contributed by atoms with Crippen molar-refractivity contribution >= 4 is 0 Å². The lowest BCUT2D eigenvalue weighted by Crippen LogP contribution is -2.09. The molecule has 0 saturated carbocycles. The molecule has 0 saturated heterocycles. The minimum absolute atomic E-state index is 0.212. The Hall–Kier alpha value is -0.740. The van der Waals surface area contributed by atoms with Crippen LogP contribution in [0.2, 0.25) is 0 Å². The average Bonchev–Trinajstić information content (AvgIpc) is 2.11. The zero-order valence-corrected chi connectivity index (χ0v) is 9.31. The van der Waals surface area contributed by atoms with Gasteiger partial charge in [-0.2, -0.15) is 0 Å². The minimum Gasteiger partial charge on any atom is -0.396 e. The average molecular weight is 180 g/mol. The van der Waals surface area contributed by atoms with Crippen LogP contribution in [0.3, 0.4) is 0 Å². The van der Waals surface area contributed by atoms with Crippen LogP contribution in [0.15, 0.2) is 11.1 Å². The smallest absolute Gasteiger partial charge is 0.0468 e. The molecular formula is C12H20O. The molecule has 0 aromatic rings. The van der Waals surface area contributed by atoms with Crippen molar-refractivity contribution in [2.45, 2.75) is 34.6 Å². The molecule has 0 radical (unpaired) electrons. The van der Waals surface area contributed by atoms with Crippen LogP contribution in [0, 0.1) is 23.7 Å². The summed E-state index contributed by atoms with van der Waals surface area (Å²) in [5.41, 5.74) is 2.40. The van der Waals surface area contributed by atoms with Gasteiger partial charge in [-0.25, -0.2) is 0 Å². The molecular weight excluding hydrogens is 160 g/mol. The third-order valence-electron chi connectivity index (χ3n) is 2.38. The van der Waals surface area contributed by atoms with Gasteiger partial charge in [0.05, 0.1) is 0 Å². The molecule has 0 aliphatic heterocycles. The highest BCUT2D eigenvalue weighted by atomic mass is 16.3. The summed E-state index contributed by atoms with van der Waals surface area (Å²) in [6, 6.07) is 0. The molecule has 1 nitrogen and oxygen atoms in total. The first-order valence-corrected chi connectivity index (χ1v) is 4.75. The Labute approximate surface area is 81.9 Å². The summed E-state index contributed by atoms with van der Waals surface area (Å²) in [4.78, 5) is 0. The van der Waals surface area contributed by atoms with Crippen LogP contribution in [0.1, 0.15) is 34.6 Å². The Kier molecular flexibility index (Phi) is 5.50. The van der Waals surface area contributed by atoms with Crippen molar-refractivity contribution in [1.29, 1.82) is 0 Å². The van der Waals surface area contributed by atoms with E-state index in [1.807, 2.05) is 20.8 Å². The lowest BCUT2D eigenvalue weighted by atomic mass is 9.97. The third kappa shape index (κ3) is 4.75. The fourth-order valence-corrected chi connectivity index (χ4v) is 0.647. The Morgan fingerprint density at radius 1 is 1.23 bits per heavy atom. The van der Waals surface area contributed by atoms with E-state index >= 15 is 0 Å². The van der Waals surface area contributed by atoms with E-state index in [4.69, 9.17) is 5.11 Å². The number of allylic oxidation sites excluding steroid dienone is 2. The van der Waals surface area contributed by atoms with Gasteiger partial charge in [0.2, 0.25) is 0 Å². The Morgan fingerprint density at radius 2 is 1.77 bits per heavy atom. The number of rotatable bonds is 2. The van der Waals surface area contributed by atoms with E-state index in [9.17, 15) is 0 Å². The molecule has 0 spiro atoms. The molecule has 0 aromatic heterocycles. The van der Waals surface area contributed by atoms with Gasteiger partial charge in [-0.05, 0) is 32.3 Å². The monoisotopic (exact) mass is 180 g/mol. The first kappa shape index (κ1) is 12.3. The van der Waals surface area contributed by atoms with Gasteiger partial charge in [-0.3, -0.25) is 0 Å². The molecule has 1 N–H and O–H groups in total. The lowest BCUT2D eigenvalue weighted by Gasteiger charge is -2.10. The first-order chi connectivity index (χ1) is 5.99. The summed E-state index contributed by atoms with van der Waals surface area (Å²) in [6.45, 7) is 10.4. The molecule has 0 bridgehead atoms. The summed E-state index contributed by atoms with van der Waals surface area (Å²) < 4.78 is 0. The number of aliphatic hydroxyl groups is 1. The van der Waals surface area contributed by atoms with E-state index in [-0.39, 0.29) is 18.4 Å². The van der Waals surface area contributed by atoms with Gasteiger partial charge in [0.15, 0.2) is 0 Å². The highest BCUT2D eigenvalue weighted by Crippen LogP contribution is 2.09. The van der Waals surface area contributed by atoms with E-state index in [0.29, 0.717) is 0 Å². The summed E-state index contributed by atoms with van der Waals surface area (Å²) in [5, 5.41) is 8.90. The van der Waals surface area contributed by atoms with Crippen molar-refractivity contribution in [3.05, 3.63) is 11.1 Å². The first-order valence-electron chi connectivity index (χ1n) is 4.75. The van der Waals surface area contributed by atoms with Gasteiger partial charge in [-0.15, -0.1) is 0 Å². The van der Waals surface area contributed by atoms with Crippen molar-refractivity contribution in [3.8, 4) is 11.8 Å². The molecule has 0 heterocycles. The molecule has 0 aliphatic carbocycles. The topological polar surface area (TPSA) is 20.2 Å². The molecule has 1 heteroatoms. The molecule has 2 atom stereocenters. The van der Waals surface area contributed by atoms with Crippen molar-refractivity contribution in [1.82, 2.24) is 0 Å². The SMILES string of the molecule is CC(C)=C(C)C#CC(C)C(C)CO. The minimum atomic E-state index is 0.212. The Morgan fingerprint density at radius 3 is 2.15 bits per heavy atom. The van der Waals surface area contributed by atoms with Crippen LogP contribution < -0.4 is 0 Å². The van der Waals surface area contributed by atoms with Crippen LogP contribution in [0.5, 0.6) is 0 Å². The van der Waals surface area contributed by atoms with Gasteiger partial charge in [0.25, 0.3) is 0 Å². The van der Waals surface area contributed by atoms with E-state index < -0.39 is 0 Å². The van der Waals surface area contributed by atoms with E-state index in [0.717, 1.165) is 5.57 Å². The van der Waals surface area contributed by atoms with Crippen LogP contribution >= 0.6 is 0 Å². The van der Waals surface area contributed by atoms with Gasteiger partial charge in [0, 0.05) is 12.5 Å². The molecule has 0 fully saturated rings. The fourth-order valence-electron chi connectivity index (χ4n) is 0.647. The maximum atomic E-state index is 8.90. The maximum absolute atomic E-state index is 8.90. The fraction of sp³-hybridized carbons (Fsp3) is 0.667. The molecule has 13 heavy (non-hydrogen) atoms. The van der Waals surface area contributed by atoms with Crippen molar-refractivity contribution in [2.75, 3.05) is 6.61 Å². The molecule has 74 valence electrons. The second kappa shape index (κ2) is 5.83. The van der Waals surface area contributed by atoms with E-state index in [2.05, 4.69) is 25.7 Å². The molecule has 0 aromatic carbocycles. The number of hydrogen-bond donors (Lipinski definition) is 1. The predicted octanol–water partition coefficient (Wildman–Crippen LogP) is 2.61. The van der Waals surface area contributed by atoms with E-state index in [1.165, 1.54) is 5.57 Å². The third-order valence-corrected chi connectivity index (χ3v) is 2.38. The Bertz CT molecular complexity index is 236. The Balaban J connectivity index is 4.34. The summed E-state index contributed by atoms with van der Waals surface area (Å²) in [5.74, 6) is 6.79. The van der Waals surface area contributed by atoms with Crippen molar-refractivity contribution in [2.24, 2.45) is 11.8 Å². The van der Waals surface area contributed by atoms with Gasteiger partial charge in [-0.1, -0.05) is 31.3 Å². The standard InChI is InChI=1S/C12H20O/c1-9(2)10(3)6-7-11(4)12(5)8-13/h11-13H,8H2,1-5H3. The largest absolute Gasteiger partial charge is 0.396 e. The second-order valence-electron chi connectivity index (χ2n) is 3.84. The van der Waals surface area contributed by atoms with Crippen LogP contribution in [0.4, 0.5) is 0 Å². The van der Waals surface area contributed by atoms with Gasteiger partial charge in [0.1, 0.15) is 0 Å². The van der Waals surface area contributed by atoms with Crippen LogP contribution in [-0.4, -0.2) is 11.7 Å². The number of aliphatic hydroxyl groups excluding tert-OH is 1. The van der Waals surface area contributed by atoms with Gasteiger partial charge >= 0.3 is 0 Å². The second-order valence-corrected chi connectivity index (χ2v) is 3.84. The highest BCUT2D eigenvalue weighted by Gasteiger charge is 2.06. The van der Waals surface area contributed by atoms with Crippen LogP contribution in [0.25, 0.3) is 0 Å². The zero-order chi connectivity index (χ0) is 10.4. The maximum Gasteiger partial charge on any atom is 0.0468 e. The summed E-state index contributed by atoms with van der Waals surface area (Å²) in [6.07, 6.45) is 0. The molecule has 2 unspecified atom stereocenters. The summed E-state index contributed by atoms with van der Waals surface area (Å²) >= 11 is 0. The highest BCUT2D eigenvalue weighted by molar-refractivity contribution is 5.30. The quantitative estimate of drug-likeness (QED) is 0.648.